The lowest BCUT2D eigenvalue weighted by Gasteiger charge is -2.34. The third-order valence-corrected chi connectivity index (χ3v) is 5.05. The van der Waals surface area contributed by atoms with E-state index < -0.39 is 0 Å². The fourth-order valence-corrected chi connectivity index (χ4v) is 3.67. The van der Waals surface area contributed by atoms with Crippen molar-refractivity contribution < 1.29 is 4.79 Å². The lowest BCUT2D eigenvalue weighted by atomic mass is 10.3. The number of aryl methyl sites for hydroxylation is 1. The van der Waals surface area contributed by atoms with Crippen LogP contribution in [0.25, 0.3) is 0 Å². The van der Waals surface area contributed by atoms with Gasteiger partial charge in [-0.15, -0.1) is 0 Å². The second-order valence-corrected chi connectivity index (χ2v) is 6.43. The second kappa shape index (κ2) is 6.70. The first-order chi connectivity index (χ1) is 10.3. The van der Waals surface area contributed by atoms with Crippen LogP contribution >= 0.6 is 11.5 Å². The molecule has 116 valence electrons. The van der Waals surface area contributed by atoms with Crippen molar-refractivity contribution in [2.45, 2.75) is 26.2 Å². The Morgan fingerprint density at radius 3 is 2.48 bits per heavy atom. The van der Waals surface area contributed by atoms with Crippen LogP contribution in [0.15, 0.2) is 0 Å². The number of nitrogens with zero attached hydrogens (tertiary/aromatic N) is 5. The molecule has 1 amide bonds. The molecule has 6 nitrogen and oxygen atoms in total. The van der Waals surface area contributed by atoms with Crippen molar-refractivity contribution in [1.29, 1.82) is 0 Å². The third kappa shape index (κ3) is 3.52. The van der Waals surface area contributed by atoms with Gasteiger partial charge in [-0.2, -0.15) is 4.37 Å². The lowest BCUT2D eigenvalue weighted by molar-refractivity contribution is -0.131. The number of rotatable bonds is 4. The van der Waals surface area contributed by atoms with Crippen molar-refractivity contribution in [1.82, 2.24) is 19.2 Å². The topological polar surface area (TPSA) is 52.6 Å². The average molecular weight is 309 g/mol. The van der Waals surface area contributed by atoms with Crippen molar-refractivity contribution in [2.75, 3.05) is 50.7 Å². The Bertz CT molecular complexity index is 477. The molecule has 0 saturated carbocycles. The van der Waals surface area contributed by atoms with Crippen molar-refractivity contribution in [3.8, 4) is 0 Å². The number of hydrogen-bond donors (Lipinski definition) is 0. The number of carbonyl (C=O) groups is 1. The van der Waals surface area contributed by atoms with Crippen LogP contribution in [0.2, 0.25) is 0 Å². The molecule has 2 saturated heterocycles. The van der Waals surface area contributed by atoms with Gasteiger partial charge in [0.2, 0.25) is 11.0 Å². The molecule has 21 heavy (non-hydrogen) atoms. The van der Waals surface area contributed by atoms with Crippen molar-refractivity contribution >= 4 is 22.6 Å². The van der Waals surface area contributed by atoms with Gasteiger partial charge < -0.3 is 9.80 Å². The number of carbonyl (C=O) groups excluding carboxylic acids is 1. The Kier molecular flexibility index (Phi) is 4.70. The molecular weight excluding hydrogens is 286 g/mol. The van der Waals surface area contributed by atoms with Gasteiger partial charge in [0.25, 0.3) is 0 Å². The van der Waals surface area contributed by atoms with Gasteiger partial charge in [-0.25, -0.2) is 4.98 Å². The summed E-state index contributed by atoms with van der Waals surface area (Å²) in [4.78, 5) is 23.3. The minimum absolute atomic E-state index is 0.296. The first-order valence-electron chi connectivity index (χ1n) is 7.84. The maximum atomic E-state index is 12.2. The Morgan fingerprint density at radius 2 is 1.86 bits per heavy atom. The maximum absolute atomic E-state index is 12.2. The summed E-state index contributed by atoms with van der Waals surface area (Å²) in [5, 5.41) is 1.03. The Morgan fingerprint density at radius 1 is 1.14 bits per heavy atom. The highest BCUT2D eigenvalue weighted by atomic mass is 32.1. The Hall–Kier alpha value is -1.21. The van der Waals surface area contributed by atoms with Gasteiger partial charge in [-0.3, -0.25) is 9.69 Å². The van der Waals surface area contributed by atoms with E-state index in [9.17, 15) is 4.79 Å². The minimum Gasteiger partial charge on any atom is -0.344 e. The van der Waals surface area contributed by atoms with Crippen LogP contribution in [0, 0.1) is 0 Å². The van der Waals surface area contributed by atoms with Gasteiger partial charge >= 0.3 is 0 Å². The van der Waals surface area contributed by atoms with E-state index in [0.29, 0.717) is 12.5 Å². The van der Waals surface area contributed by atoms with E-state index in [1.54, 1.807) is 0 Å². The molecular formula is C14H23N5OS. The molecule has 0 N–H and O–H groups in total. The summed E-state index contributed by atoms with van der Waals surface area (Å²) in [7, 11) is 0. The SMILES string of the molecule is CCc1nsc(N2CCN(CC(=O)N3CCCC3)CC2)n1. The van der Waals surface area contributed by atoms with E-state index in [0.717, 1.165) is 69.5 Å². The van der Waals surface area contributed by atoms with Gasteiger partial charge in [-0.05, 0) is 12.8 Å². The number of likely N-dealkylation sites (tertiary alicyclic amines) is 1. The molecule has 0 unspecified atom stereocenters. The smallest absolute Gasteiger partial charge is 0.236 e. The monoisotopic (exact) mass is 309 g/mol. The quantitative estimate of drug-likeness (QED) is 0.825. The highest BCUT2D eigenvalue weighted by Crippen LogP contribution is 2.19. The number of aromatic nitrogens is 2. The summed E-state index contributed by atoms with van der Waals surface area (Å²) in [5.41, 5.74) is 0. The first kappa shape index (κ1) is 14.7. The molecule has 2 aliphatic rings. The summed E-state index contributed by atoms with van der Waals surface area (Å²) in [6.45, 7) is 8.28. The number of anilines is 1. The molecule has 3 rings (SSSR count). The summed E-state index contributed by atoms with van der Waals surface area (Å²) in [5.74, 6) is 1.23. The molecule has 7 heteroatoms. The van der Waals surface area contributed by atoms with Crippen molar-refractivity contribution in [3.63, 3.8) is 0 Å². The lowest BCUT2D eigenvalue weighted by Crippen LogP contribution is -2.49. The maximum Gasteiger partial charge on any atom is 0.236 e. The predicted octanol–water partition coefficient (Wildman–Crippen LogP) is 0.845. The van der Waals surface area contributed by atoms with Gasteiger partial charge in [-0.1, -0.05) is 6.92 Å². The Balaban J connectivity index is 1.47. The number of amides is 1. The van der Waals surface area contributed by atoms with Gasteiger partial charge in [0.15, 0.2) is 0 Å². The third-order valence-electron chi connectivity index (χ3n) is 4.23. The van der Waals surface area contributed by atoms with E-state index in [-0.39, 0.29) is 0 Å². The molecule has 2 aliphatic heterocycles. The van der Waals surface area contributed by atoms with Gasteiger partial charge in [0.1, 0.15) is 5.82 Å². The average Bonchev–Trinajstić information content (AvgIpc) is 3.19. The Labute approximate surface area is 129 Å². The summed E-state index contributed by atoms with van der Waals surface area (Å²) >= 11 is 1.49. The molecule has 0 aliphatic carbocycles. The van der Waals surface area contributed by atoms with E-state index in [2.05, 4.69) is 26.1 Å². The van der Waals surface area contributed by atoms with Crippen LogP contribution in [0.1, 0.15) is 25.6 Å². The van der Waals surface area contributed by atoms with Crippen LogP contribution in [0.4, 0.5) is 5.13 Å². The zero-order chi connectivity index (χ0) is 14.7. The largest absolute Gasteiger partial charge is 0.344 e. The zero-order valence-corrected chi connectivity index (χ0v) is 13.4. The fourth-order valence-electron chi connectivity index (χ4n) is 2.87. The van der Waals surface area contributed by atoms with Crippen molar-refractivity contribution in [2.24, 2.45) is 0 Å². The van der Waals surface area contributed by atoms with Crippen LogP contribution < -0.4 is 4.90 Å². The number of hydrogen-bond acceptors (Lipinski definition) is 6. The summed E-state index contributed by atoms with van der Waals surface area (Å²) < 4.78 is 4.34. The van der Waals surface area contributed by atoms with E-state index in [1.165, 1.54) is 11.5 Å². The summed E-state index contributed by atoms with van der Waals surface area (Å²) in [6.07, 6.45) is 3.22. The highest BCUT2D eigenvalue weighted by Gasteiger charge is 2.24. The van der Waals surface area contributed by atoms with Crippen LogP contribution in [-0.2, 0) is 11.2 Å². The first-order valence-corrected chi connectivity index (χ1v) is 8.61. The van der Waals surface area contributed by atoms with Gasteiger partial charge in [0.05, 0.1) is 6.54 Å². The summed E-state index contributed by atoms with van der Waals surface area (Å²) in [6, 6.07) is 0. The number of piperazine rings is 1. The molecule has 3 heterocycles. The predicted molar refractivity (Wildman–Crippen MR) is 83.8 cm³/mol. The van der Waals surface area contributed by atoms with E-state index in [4.69, 9.17) is 0 Å². The van der Waals surface area contributed by atoms with Gasteiger partial charge in [0, 0.05) is 57.2 Å². The minimum atomic E-state index is 0.296. The van der Waals surface area contributed by atoms with E-state index in [1.807, 2.05) is 4.90 Å². The zero-order valence-electron chi connectivity index (χ0n) is 12.6. The van der Waals surface area contributed by atoms with Crippen LogP contribution in [0.3, 0.4) is 0 Å². The van der Waals surface area contributed by atoms with Crippen LogP contribution in [0.5, 0.6) is 0 Å². The normalized spacial score (nSPS) is 20.2. The van der Waals surface area contributed by atoms with Crippen molar-refractivity contribution in [3.05, 3.63) is 5.82 Å². The van der Waals surface area contributed by atoms with E-state index >= 15 is 0 Å². The highest BCUT2D eigenvalue weighted by molar-refractivity contribution is 7.09. The molecule has 0 aromatic carbocycles. The molecule has 1 aromatic heterocycles. The van der Waals surface area contributed by atoms with Crippen LogP contribution in [-0.4, -0.2) is 70.9 Å². The second-order valence-electron chi connectivity index (χ2n) is 5.70. The molecule has 0 bridgehead atoms. The molecule has 0 spiro atoms. The molecule has 0 radical (unpaired) electrons. The molecule has 0 atom stereocenters. The fraction of sp³-hybridized carbons (Fsp3) is 0.786. The standard InChI is InChI=1S/C14H23N5OS/c1-2-12-15-14(21-16-12)19-9-7-17(8-10-19)11-13(20)18-5-3-4-6-18/h2-11H2,1H3. The molecule has 1 aromatic rings. The molecule has 2 fully saturated rings.